The summed E-state index contributed by atoms with van der Waals surface area (Å²) in [6.07, 6.45) is 2.22. The Morgan fingerprint density at radius 2 is 2.33 bits per heavy atom. The van der Waals surface area contributed by atoms with Crippen molar-refractivity contribution < 1.29 is 14.3 Å². The Morgan fingerprint density at radius 1 is 1.48 bits per heavy atom. The minimum absolute atomic E-state index is 0.0321. The minimum atomic E-state index is -0.184. The van der Waals surface area contributed by atoms with Crippen molar-refractivity contribution in [2.24, 2.45) is 5.92 Å². The van der Waals surface area contributed by atoms with Gasteiger partial charge >= 0.3 is 6.03 Å². The molecule has 1 fully saturated rings. The average Bonchev–Trinajstić information content (AvgIpc) is 2.46. The first-order valence-electron chi connectivity index (χ1n) is 7.24. The molecule has 0 spiro atoms. The zero-order chi connectivity index (χ0) is 14.8. The van der Waals surface area contributed by atoms with Gasteiger partial charge < -0.3 is 20.3 Å². The molecule has 21 heavy (non-hydrogen) atoms. The molecule has 0 aliphatic carbocycles. The number of amides is 3. The zero-order valence-corrected chi connectivity index (χ0v) is 12.0. The van der Waals surface area contributed by atoms with Crippen LogP contribution in [0.1, 0.15) is 19.8 Å². The van der Waals surface area contributed by atoms with Crippen molar-refractivity contribution in [3.8, 4) is 5.75 Å². The molecule has 112 valence electrons. The molecule has 6 nitrogen and oxygen atoms in total. The first-order valence-corrected chi connectivity index (χ1v) is 7.24. The molecular formula is C15H19N3O3. The SMILES string of the molecule is C[C@@H]1CCCN(C(=O)Nc2ccc3c(c2)NC(=O)CO3)C1. The van der Waals surface area contributed by atoms with Crippen molar-refractivity contribution in [3.63, 3.8) is 0 Å². The predicted octanol–water partition coefficient (Wildman–Crippen LogP) is 2.28. The Bertz CT molecular complexity index is 573. The third-order valence-corrected chi connectivity index (χ3v) is 3.81. The van der Waals surface area contributed by atoms with Gasteiger partial charge in [0.2, 0.25) is 0 Å². The second-order valence-corrected chi connectivity index (χ2v) is 5.67. The molecule has 3 rings (SSSR count). The van der Waals surface area contributed by atoms with E-state index in [0.29, 0.717) is 23.0 Å². The van der Waals surface area contributed by atoms with Gasteiger partial charge in [-0.15, -0.1) is 0 Å². The minimum Gasteiger partial charge on any atom is -0.482 e. The standard InChI is InChI=1S/C15H19N3O3/c1-10-3-2-6-18(8-10)15(20)16-11-4-5-13-12(7-11)17-14(19)9-21-13/h4-5,7,10H,2-3,6,8-9H2,1H3,(H,16,20)(H,17,19)/t10-/m1/s1. The van der Waals surface area contributed by atoms with E-state index in [9.17, 15) is 9.59 Å². The zero-order valence-electron chi connectivity index (χ0n) is 12.0. The van der Waals surface area contributed by atoms with E-state index in [0.717, 1.165) is 19.5 Å². The van der Waals surface area contributed by atoms with Gasteiger partial charge in [0.05, 0.1) is 5.69 Å². The summed E-state index contributed by atoms with van der Waals surface area (Å²) in [5.41, 5.74) is 1.25. The maximum Gasteiger partial charge on any atom is 0.321 e. The fourth-order valence-electron chi connectivity index (χ4n) is 2.74. The van der Waals surface area contributed by atoms with Gasteiger partial charge in [0.15, 0.2) is 6.61 Å². The summed E-state index contributed by atoms with van der Waals surface area (Å²) in [5, 5.41) is 5.61. The largest absolute Gasteiger partial charge is 0.482 e. The van der Waals surface area contributed by atoms with E-state index in [1.807, 2.05) is 4.90 Å². The number of likely N-dealkylation sites (tertiary alicyclic amines) is 1. The number of carbonyl (C=O) groups is 2. The molecule has 6 heteroatoms. The highest BCUT2D eigenvalue weighted by atomic mass is 16.5. The number of hydrogen-bond acceptors (Lipinski definition) is 3. The van der Waals surface area contributed by atoms with Gasteiger partial charge in [-0.25, -0.2) is 4.79 Å². The molecular weight excluding hydrogens is 270 g/mol. The van der Waals surface area contributed by atoms with Crippen molar-refractivity contribution in [2.75, 3.05) is 30.3 Å². The van der Waals surface area contributed by atoms with Gasteiger partial charge in [0.25, 0.3) is 5.91 Å². The number of nitrogens with zero attached hydrogens (tertiary/aromatic N) is 1. The summed E-state index contributed by atoms with van der Waals surface area (Å²) in [5.74, 6) is 0.982. The maximum absolute atomic E-state index is 12.2. The van der Waals surface area contributed by atoms with Crippen LogP contribution >= 0.6 is 0 Å². The number of nitrogens with one attached hydrogen (secondary N) is 2. The molecule has 1 atom stereocenters. The number of anilines is 2. The van der Waals surface area contributed by atoms with Gasteiger partial charge in [0, 0.05) is 18.8 Å². The topological polar surface area (TPSA) is 70.7 Å². The lowest BCUT2D eigenvalue weighted by Crippen LogP contribution is -2.41. The molecule has 0 radical (unpaired) electrons. The highest BCUT2D eigenvalue weighted by molar-refractivity contribution is 5.97. The van der Waals surface area contributed by atoms with Crippen molar-refractivity contribution in [1.29, 1.82) is 0 Å². The second kappa shape index (κ2) is 5.63. The van der Waals surface area contributed by atoms with Crippen LogP contribution in [0, 0.1) is 5.92 Å². The first kappa shape index (κ1) is 13.7. The van der Waals surface area contributed by atoms with Crippen molar-refractivity contribution in [1.82, 2.24) is 4.90 Å². The number of rotatable bonds is 1. The number of carbonyl (C=O) groups excluding carboxylic acids is 2. The number of piperidine rings is 1. The van der Waals surface area contributed by atoms with Crippen LogP contribution in [-0.2, 0) is 4.79 Å². The number of urea groups is 1. The summed E-state index contributed by atoms with van der Waals surface area (Å²) in [6, 6.07) is 5.16. The van der Waals surface area contributed by atoms with Gasteiger partial charge in [-0.2, -0.15) is 0 Å². The van der Waals surface area contributed by atoms with Gasteiger partial charge in [-0.05, 0) is 37.0 Å². The van der Waals surface area contributed by atoms with E-state index < -0.39 is 0 Å². The normalized spacial score (nSPS) is 21.1. The highest BCUT2D eigenvalue weighted by Crippen LogP contribution is 2.30. The van der Waals surface area contributed by atoms with Crippen molar-refractivity contribution in [2.45, 2.75) is 19.8 Å². The third kappa shape index (κ3) is 3.09. The molecule has 0 unspecified atom stereocenters. The maximum atomic E-state index is 12.2. The van der Waals surface area contributed by atoms with Gasteiger partial charge in [0.1, 0.15) is 5.75 Å². The Kier molecular flexibility index (Phi) is 3.68. The van der Waals surface area contributed by atoms with Crippen molar-refractivity contribution >= 4 is 23.3 Å². The molecule has 1 saturated heterocycles. The Morgan fingerprint density at radius 3 is 3.14 bits per heavy atom. The second-order valence-electron chi connectivity index (χ2n) is 5.67. The van der Waals surface area contributed by atoms with Gasteiger partial charge in [-0.1, -0.05) is 6.92 Å². The number of benzene rings is 1. The monoisotopic (exact) mass is 289 g/mol. The molecule has 2 aliphatic rings. The quantitative estimate of drug-likeness (QED) is 0.833. The lowest BCUT2D eigenvalue weighted by atomic mass is 10.0. The molecule has 2 N–H and O–H groups in total. The van der Waals surface area contributed by atoms with Crippen LogP contribution in [0.2, 0.25) is 0 Å². The van der Waals surface area contributed by atoms with Crippen LogP contribution in [0.15, 0.2) is 18.2 Å². The van der Waals surface area contributed by atoms with E-state index in [-0.39, 0.29) is 18.5 Å². The summed E-state index contributed by atoms with van der Waals surface area (Å²) in [6.45, 7) is 3.77. The molecule has 2 heterocycles. The van der Waals surface area contributed by atoms with E-state index in [1.165, 1.54) is 6.42 Å². The molecule has 2 aliphatic heterocycles. The summed E-state index contributed by atoms with van der Waals surface area (Å²) < 4.78 is 5.29. The first-order chi connectivity index (χ1) is 10.1. The van der Waals surface area contributed by atoms with Crippen LogP contribution in [-0.4, -0.2) is 36.5 Å². The Labute approximate surface area is 123 Å². The molecule has 0 bridgehead atoms. The Balaban J connectivity index is 1.68. The highest BCUT2D eigenvalue weighted by Gasteiger charge is 2.22. The van der Waals surface area contributed by atoms with Crippen LogP contribution in [0.3, 0.4) is 0 Å². The van der Waals surface area contributed by atoms with Crippen LogP contribution in [0.25, 0.3) is 0 Å². The molecule has 1 aromatic rings. The van der Waals surface area contributed by atoms with E-state index >= 15 is 0 Å². The molecule has 1 aromatic carbocycles. The van der Waals surface area contributed by atoms with E-state index in [4.69, 9.17) is 4.74 Å². The lowest BCUT2D eigenvalue weighted by Gasteiger charge is -2.31. The fraction of sp³-hybridized carbons (Fsp3) is 0.467. The third-order valence-electron chi connectivity index (χ3n) is 3.81. The fourth-order valence-corrected chi connectivity index (χ4v) is 2.74. The van der Waals surface area contributed by atoms with Crippen molar-refractivity contribution in [3.05, 3.63) is 18.2 Å². The lowest BCUT2D eigenvalue weighted by molar-refractivity contribution is -0.118. The molecule has 0 saturated carbocycles. The predicted molar refractivity (Wildman–Crippen MR) is 79.6 cm³/mol. The number of hydrogen-bond donors (Lipinski definition) is 2. The van der Waals surface area contributed by atoms with Crippen LogP contribution < -0.4 is 15.4 Å². The number of ether oxygens (including phenoxy) is 1. The summed E-state index contributed by atoms with van der Waals surface area (Å²) in [4.78, 5) is 25.4. The van der Waals surface area contributed by atoms with Crippen LogP contribution in [0.5, 0.6) is 5.75 Å². The van der Waals surface area contributed by atoms with E-state index in [1.54, 1.807) is 18.2 Å². The van der Waals surface area contributed by atoms with E-state index in [2.05, 4.69) is 17.6 Å². The average molecular weight is 289 g/mol. The van der Waals surface area contributed by atoms with Crippen LogP contribution in [0.4, 0.5) is 16.2 Å². The summed E-state index contributed by atoms with van der Waals surface area (Å²) in [7, 11) is 0. The van der Waals surface area contributed by atoms with Gasteiger partial charge in [-0.3, -0.25) is 4.79 Å². The molecule has 3 amide bonds. The number of fused-ring (bicyclic) bond motifs is 1. The summed E-state index contributed by atoms with van der Waals surface area (Å²) >= 11 is 0. The Hall–Kier alpha value is -2.24. The molecule has 0 aromatic heterocycles. The smallest absolute Gasteiger partial charge is 0.321 e.